The number of hydrogen-bond donors (Lipinski definition) is 1. The van der Waals surface area contributed by atoms with Gasteiger partial charge >= 0.3 is 0 Å². The van der Waals surface area contributed by atoms with Crippen molar-refractivity contribution in [3.8, 4) is 0 Å². The lowest BCUT2D eigenvalue weighted by atomic mass is 10.1. The van der Waals surface area contributed by atoms with E-state index in [-0.39, 0.29) is 0 Å². The van der Waals surface area contributed by atoms with Gasteiger partial charge in [0.2, 0.25) is 5.95 Å². The van der Waals surface area contributed by atoms with Gasteiger partial charge in [-0.15, -0.1) is 0 Å². The quantitative estimate of drug-likeness (QED) is 0.821. The van der Waals surface area contributed by atoms with Crippen LogP contribution in [0, 0.1) is 0 Å². The first-order valence-corrected chi connectivity index (χ1v) is 5.80. The Balaban J connectivity index is 1.73. The second-order valence-electron chi connectivity index (χ2n) is 4.45. The van der Waals surface area contributed by atoms with E-state index in [1.807, 2.05) is 6.20 Å². The van der Waals surface area contributed by atoms with Crippen LogP contribution in [-0.2, 0) is 4.74 Å². The van der Waals surface area contributed by atoms with Gasteiger partial charge in [0.05, 0.1) is 12.6 Å². The highest BCUT2D eigenvalue weighted by Crippen LogP contribution is 2.27. The van der Waals surface area contributed by atoms with Crippen molar-refractivity contribution in [1.82, 2.24) is 9.55 Å². The van der Waals surface area contributed by atoms with Crippen LogP contribution in [-0.4, -0.2) is 28.8 Å². The second-order valence-corrected chi connectivity index (χ2v) is 4.45. The smallest absolute Gasteiger partial charge is 0.203 e. The summed E-state index contributed by atoms with van der Waals surface area (Å²) in [6.07, 6.45) is 8.87. The van der Waals surface area contributed by atoms with E-state index < -0.39 is 0 Å². The number of anilines is 1. The lowest BCUT2D eigenvalue weighted by Crippen LogP contribution is -2.22. The molecule has 0 spiro atoms. The van der Waals surface area contributed by atoms with Crippen LogP contribution < -0.4 is 5.32 Å². The maximum Gasteiger partial charge on any atom is 0.203 e. The lowest BCUT2D eigenvalue weighted by Gasteiger charge is -2.24. The Morgan fingerprint density at radius 3 is 3.07 bits per heavy atom. The number of nitrogens with zero attached hydrogens (tertiary/aromatic N) is 2. The molecule has 15 heavy (non-hydrogen) atoms. The summed E-state index contributed by atoms with van der Waals surface area (Å²) in [7, 11) is 0. The number of nitrogens with one attached hydrogen (secondary N) is 1. The van der Waals surface area contributed by atoms with Crippen LogP contribution in [0.2, 0.25) is 0 Å². The first-order valence-electron chi connectivity index (χ1n) is 5.80. The molecule has 1 aromatic heterocycles. The van der Waals surface area contributed by atoms with Gasteiger partial charge in [0.15, 0.2) is 0 Å². The van der Waals surface area contributed by atoms with E-state index >= 15 is 0 Å². The molecule has 2 aliphatic rings. The monoisotopic (exact) mass is 207 g/mol. The highest BCUT2D eigenvalue weighted by molar-refractivity contribution is 5.30. The number of hydrogen-bond acceptors (Lipinski definition) is 3. The van der Waals surface area contributed by atoms with Gasteiger partial charge in [0, 0.05) is 25.0 Å². The molecule has 1 unspecified atom stereocenters. The van der Waals surface area contributed by atoms with E-state index in [9.17, 15) is 0 Å². The number of imidazole rings is 1. The highest BCUT2D eigenvalue weighted by Gasteiger charge is 2.24. The van der Waals surface area contributed by atoms with Gasteiger partial charge in [0.25, 0.3) is 0 Å². The molecule has 1 N–H and O–H groups in total. The van der Waals surface area contributed by atoms with Crippen LogP contribution in [0.15, 0.2) is 12.4 Å². The molecule has 3 rings (SSSR count). The Morgan fingerprint density at radius 2 is 2.33 bits per heavy atom. The SMILES string of the molecule is c1cn(C2CCCOC2)c(NC2CC2)n1. The minimum atomic E-state index is 0.475. The average molecular weight is 207 g/mol. The van der Waals surface area contributed by atoms with Crippen molar-refractivity contribution in [2.75, 3.05) is 18.5 Å². The zero-order valence-electron chi connectivity index (χ0n) is 8.85. The summed E-state index contributed by atoms with van der Waals surface area (Å²) in [5.41, 5.74) is 0. The molecule has 0 aromatic carbocycles. The molecule has 82 valence electrons. The topological polar surface area (TPSA) is 39.1 Å². The minimum Gasteiger partial charge on any atom is -0.379 e. The maximum absolute atomic E-state index is 5.51. The van der Waals surface area contributed by atoms with Gasteiger partial charge in [-0.05, 0) is 25.7 Å². The summed E-state index contributed by atoms with van der Waals surface area (Å²) >= 11 is 0. The summed E-state index contributed by atoms with van der Waals surface area (Å²) in [4.78, 5) is 4.37. The molecule has 4 nitrogen and oxygen atoms in total. The molecule has 4 heteroatoms. The summed E-state index contributed by atoms with van der Waals surface area (Å²) in [6, 6.07) is 1.14. The Labute approximate surface area is 89.6 Å². The van der Waals surface area contributed by atoms with Gasteiger partial charge < -0.3 is 14.6 Å². The summed E-state index contributed by atoms with van der Waals surface area (Å²) in [6.45, 7) is 1.74. The van der Waals surface area contributed by atoms with Crippen LogP contribution in [0.4, 0.5) is 5.95 Å². The number of aromatic nitrogens is 2. The maximum atomic E-state index is 5.51. The molecule has 1 aromatic rings. The Bertz CT molecular complexity index is 326. The normalized spacial score (nSPS) is 26.5. The molecule has 1 aliphatic heterocycles. The molecule has 0 radical (unpaired) electrons. The third kappa shape index (κ3) is 2.00. The van der Waals surface area contributed by atoms with Gasteiger partial charge in [-0.2, -0.15) is 0 Å². The van der Waals surface area contributed by atoms with Crippen molar-refractivity contribution in [2.45, 2.75) is 37.8 Å². The summed E-state index contributed by atoms with van der Waals surface area (Å²) < 4.78 is 7.74. The van der Waals surface area contributed by atoms with Crippen molar-refractivity contribution < 1.29 is 4.74 Å². The molecule has 1 saturated carbocycles. The van der Waals surface area contributed by atoms with Crippen LogP contribution in [0.5, 0.6) is 0 Å². The fourth-order valence-electron chi connectivity index (χ4n) is 2.07. The van der Waals surface area contributed by atoms with Crippen LogP contribution in [0.1, 0.15) is 31.7 Å². The van der Waals surface area contributed by atoms with Crippen molar-refractivity contribution >= 4 is 5.95 Å². The first kappa shape index (κ1) is 9.21. The first-order chi connectivity index (χ1) is 7.43. The highest BCUT2D eigenvalue weighted by atomic mass is 16.5. The van der Waals surface area contributed by atoms with E-state index in [4.69, 9.17) is 4.74 Å². The predicted molar refractivity (Wildman–Crippen MR) is 58.0 cm³/mol. The third-order valence-electron chi connectivity index (χ3n) is 3.11. The predicted octanol–water partition coefficient (Wildman–Crippen LogP) is 1.81. The van der Waals surface area contributed by atoms with Crippen molar-refractivity contribution in [2.24, 2.45) is 0 Å². The molecule has 1 atom stereocenters. The van der Waals surface area contributed by atoms with E-state index in [1.54, 1.807) is 0 Å². The fraction of sp³-hybridized carbons (Fsp3) is 0.727. The third-order valence-corrected chi connectivity index (χ3v) is 3.11. The summed E-state index contributed by atoms with van der Waals surface area (Å²) in [5.74, 6) is 1.02. The van der Waals surface area contributed by atoms with E-state index in [2.05, 4.69) is 21.1 Å². The average Bonchev–Trinajstić information content (AvgIpc) is 2.96. The van der Waals surface area contributed by atoms with Gasteiger partial charge in [-0.1, -0.05) is 0 Å². The molecular weight excluding hydrogens is 190 g/mol. The minimum absolute atomic E-state index is 0.475. The van der Waals surface area contributed by atoms with Crippen molar-refractivity contribution in [3.05, 3.63) is 12.4 Å². The molecule has 2 fully saturated rings. The van der Waals surface area contributed by atoms with Gasteiger partial charge in [0.1, 0.15) is 0 Å². The van der Waals surface area contributed by atoms with Crippen LogP contribution in [0.25, 0.3) is 0 Å². The Kier molecular flexibility index (Phi) is 2.37. The van der Waals surface area contributed by atoms with E-state index in [1.165, 1.54) is 19.3 Å². The zero-order valence-corrected chi connectivity index (χ0v) is 8.85. The summed E-state index contributed by atoms with van der Waals surface area (Å²) in [5, 5.41) is 3.46. The molecule has 1 aliphatic carbocycles. The largest absolute Gasteiger partial charge is 0.379 e. The van der Waals surface area contributed by atoms with Crippen molar-refractivity contribution in [1.29, 1.82) is 0 Å². The molecule has 2 heterocycles. The Morgan fingerprint density at radius 1 is 1.40 bits per heavy atom. The standard InChI is InChI=1S/C11H17N3O/c1-2-10(8-15-7-1)14-6-5-12-11(14)13-9-3-4-9/h5-6,9-10H,1-4,7-8H2,(H,12,13). The molecule has 0 amide bonds. The molecule has 1 saturated heterocycles. The van der Waals surface area contributed by atoms with Crippen LogP contribution >= 0.6 is 0 Å². The molecular formula is C11H17N3O. The second kappa shape index (κ2) is 3.85. The van der Waals surface area contributed by atoms with Crippen LogP contribution in [0.3, 0.4) is 0 Å². The van der Waals surface area contributed by atoms with Gasteiger partial charge in [-0.25, -0.2) is 4.98 Å². The fourth-order valence-corrected chi connectivity index (χ4v) is 2.07. The van der Waals surface area contributed by atoms with E-state index in [0.29, 0.717) is 12.1 Å². The Hall–Kier alpha value is -1.03. The van der Waals surface area contributed by atoms with E-state index in [0.717, 1.165) is 25.6 Å². The zero-order chi connectivity index (χ0) is 10.1. The molecule has 0 bridgehead atoms. The van der Waals surface area contributed by atoms with Gasteiger partial charge in [-0.3, -0.25) is 0 Å². The van der Waals surface area contributed by atoms with Crippen molar-refractivity contribution in [3.63, 3.8) is 0 Å². The number of rotatable bonds is 3. The lowest BCUT2D eigenvalue weighted by molar-refractivity contribution is 0.0598. The number of ether oxygens (including phenoxy) is 1.